The first kappa shape index (κ1) is 16.8. The molecule has 0 atom stereocenters. The van der Waals surface area contributed by atoms with Crippen molar-refractivity contribution in [3.05, 3.63) is 65.5 Å². The van der Waals surface area contributed by atoms with E-state index in [0.717, 1.165) is 16.7 Å². The molecule has 1 heterocycles. The van der Waals surface area contributed by atoms with Crippen LogP contribution in [-0.4, -0.2) is 27.3 Å². The van der Waals surface area contributed by atoms with E-state index >= 15 is 0 Å². The monoisotopic (exact) mass is 339 g/mol. The molecule has 0 spiro atoms. The van der Waals surface area contributed by atoms with Crippen LogP contribution in [0.2, 0.25) is 0 Å². The molecule has 0 aliphatic rings. The van der Waals surface area contributed by atoms with Crippen molar-refractivity contribution in [1.82, 2.24) is 14.8 Å². The van der Waals surface area contributed by atoms with E-state index in [1.165, 1.54) is 6.07 Å². The summed E-state index contributed by atoms with van der Waals surface area (Å²) in [6.45, 7) is 4.30. The maximum atomic E-state index is 14.2. The van der Waals surface area contributed by atoms with Crippen molar-refractivity contribution in [2.45, 2.75) is 20.3 Å². The van der Waals surface area contributed by atoms with Gasteiger partial charge in [-0.15, -0.1) is 5.10 Å². The van der Waals surface area contributed by atoms with Crippen LogP contribution in [0.15, 0.2) is 48.5 Å². The molecule has 0 aliphatic heterocycles. The van der Waals surface area contributed by atoms with Gasteiger partial charge in [0.1, 0.15) is 5.82 Å². The summed E-state index contributed by atoms with van der Waals surface area (Å²) in [6, 6.07) is 13.3. The fraction of sp³-hybridized carbons (Fsp3) is 0.211. The SMILES string of the molecule is CCCOc1nc(-c2ccccc2F)n(C(=O)c2ccc(C)cc2)n1. The van der Waals surface area contributed by atoms with E-state index in [1.54, 1.807) is 30.3 Å². The average molecular weight is 339 g/mol. The predicted molar refractivity (Wildman–Crippen MR) is 92.1 cm³/mol. The number of nitrogens with zero attached hydrogens (tertiary/aromatic N) is 3. The molecule has 25 heavy (non-hydrogen) atoms. The molecule has 0 N–H and O–H groups in total. The van der Waals surface area contributed by atoms with Gasteiger partial charge in [-0.05, 0) is 37.6 Å². The predicted octanol–water partition coefficient (Wildman–Crippen LogP) is 3.87. The summed E-state index contributed by atoms with van der Waals surface area (Å²) in [7, 11) is 0. The van der Waals surface area contributed by atoms with Crippen LogP contribution in [0.3, 0.4) is 0 Å². The molecule has 0 saturated carbocycles. The lowest BCUT2D eigenvalue weighted by Gasteiger charge is -2.05. The Hall–Kier alpha value is -3.02. The number of hydrogen-bond donors (Lipinski definition) is 0. The zero-order chi connectivity index (χ0) is 17.8. The molecular formula is C19H18FN3O2. The molecule has 0 bridgehead atoms. The summed E-state index contributed by atoms with van der Waals surface area (Å²) in [5.41, 5.74) is 1.67. The molecule has 0 unspecified atom stereocenters. The standard InChI is InChI=1S/C19H18FN3O2/c1-3-12-25-19-21-17(15-6-4-5-7-16(15)20)23(22-19)18(24)14-10-8-13(2)9-11-14/h4-11H,3,12H2,1-2H3. The third-order valence-electron chi connectivity index (χ3n) is 3.63. The van der Waals surface area contributed by atoms with Crippen molar-refractivity contribution in [2.75, 3.05) is 6.61 Å². The highest BCUT2D eigenvalue weighted by atomic mass is 19.1. The largest absolute Gasteiger partial charge is 0.462 e. The first-order valence-corrected chi connectivity index (χ1v) is 8.06. The molecule has 1 aromatic heterocycles. The molecule has 0 saturated heterocycles. The molecule has 5 nitrogen and oxygen atoms in total. The normalized spacial score (nSPS) is 10.7. The minimum atomic E-state index is -0.477. The summed E-state index contributed by atoms with van der Waals surface area (Å²) >= 11 is 0. The number of carbonyl (C=O) groups is 1. The topological polar surface area (TPSA) is 57.0 Å². The van der Waals surface area contributed by atoms with Crippen LogP contribution in [0.25, 0.3) is 11.4 Å². The second kappa shape index (κ2) is 7.25. The van der Waals surface area contributed by atoms with E-state index < -0.39 is 11.7 Å². The minimum absolute atomic E-state index is 0.0561. The average Bonchev–Trinajstić information content (AvgIpc) is 3.04. The number of ether oxygens (including phenoxy) is 1. The number of aromatic nitrogens is 3. The van der Waals surface area contributed by atoms with Gasteiger partial charge in [-0.3, -0.25) is 4.79 Å². The first-order valence-electron chi connectivity index (χ1n) is 8.06. The lowest BCUT2D eigenvalue weighted by atomic mass is 10.1. The number of hydrogen-bond acceptors (Lipinski definition) is 4. The maximum Gasteiger partial charge on any atom is 0.336 e. The van der Waals surface area contributed by atoms with E-state index in [1.807, 2.05) is 26.0 Å². The summed E-state index contributed by atoms with van der Waals surface area (Å²) in [5, 5.41) is 4.13. The van der Waals surface area contributed by atoms with Gasteiger partial charge in [-0.2, -0.15) is 9.67 Å². The second-order valence-corrected chi connectivity index (χ2v) is 5.63. The lowest BCUT2D eigenvalue weighted by Crippen LogP contribution is -2.15. The maximum absolute atomic E-state index is 14.2. The van der Waals surface area contributed by atoms with Gasteiger partial charge in [0.15, 0.2) is 5.82 Å². The molecule has 128 valence electrons. The van der Waals surface area contributed by atoms with Crippen LogP contribution in [0.4, 0.5) is 4.39 Å². The Kier molecular flexibility index (Phi) is 4.88. The summed E-state index contributed by atoms with van der Waals surface area (Å²) in [4.78, 5) is 17.0. The highest BCUT2D eigenvalue weighted by Gasteiger charge is 2.21. The number of carbonyl (C=O) groups excluding carboxylic acids is 1. The lowest BCUT2D eigenvalue weighted by molar-refractivity contribution is 0.0944. The Labute approximate surface area is 145 Å². The molecule has 2 aromatic carbocycles. The molecule has 6 heteroatoms. The van der Waals surface area contributed by atoms with Crippen LogP contribution < -0.4 is 4.74 Å². The molecule has 3 aromatic rings. The fourth-order valence-corrected chi connectivity index (χ4v) is 2.32. The van der Waals surface area contributed by atoms with Crippen molar-refractivity contribution in [3.63, 3.8) is 0 Å². The van der Waals surface area contributed by atoms with Gasteiger partial charge in [0.05, 0.1) is 12.2 Å². The van der Waals surface area contributed by atoms with E-state index in [9.17, 15) is 9.18 Å². The van der Waals surface area contributed by atoms with Crippen LogP contribution in [0.1, 0.15) is 29.3 Å². The van der Waals surface area contributed by atoms with Crippen molar-refractivity contribution < 1.29 is 13.9 Å². The van der Waals surface area contributed by atoms with E-state index in [4.69, 9.17) is 4.74 Å². The van der Waals surface area contributed by atoms with Crippen molar-refractivity contribution in [1.29, 1.82) is 0 Å². The van der Waals surface area contributed by atoms with Crippen molar-refractivity contribution in [2.24, 2.45) is 0 Å². The van der Waals surface area contributed by atoms with Gasteiger partial charge in [0.2, 0.25) is 0 Å². The van der Waals surface area contributed by atoms with Gasteiger partial charge >= 0.3 is 6.01 Å². The van der Waals surface area contributed by atoms with Crippen molar-refractivity contribution in [3.8, 4) is 17.4 Å². The van der Waals surface area contributed by atoms with Gasteiger partial charge in [-0.25, -0.2) is 4.39 Å². The molecule has 0 radical (unpaired) electrons. The number of aryl methyl sites for hydroxylation is 1. The third-order valence-corrected chi connectivity index (χ3v) is 3.63. The fourth-order valence-electron chi connectivity index (χ4n) is 2.32. The Morgan fingerprint density at radius 3 is 2.56 bits per heavy atom. The van der Waals surface area contributed by atoms with E-state index in [0.29, 0.717) is 12.2 Å². The number of halogens is 1. The van der Waals surface area contributed by atoms with Crippen molar-refractivity contribution >= 4 is 5.91 Å². The molecule has 0 amide bonds. The Bertz CT molecular complexity index is 888. The van der Waals surface area contributed by atoms with Crippen LogP contribution >= 0.6 is 0 Å². The van der Waals surface area contributed by atoms with Gasteiger partial charge in [-0.1, -0.05) is 36.8 Å². The van der Waals surface area contributed by atoms with Crippen LogP contribution in [0.5, 0.6) is 6.01 Å². The first-order chi connectivity index (χ1) is 12.1. The van der Waals surface area contributed by atoms with Crippen LogP contribution in [-0.2, 0) is 0 Å². The van der Waals surface area contributed by atoms with Gasteiger partial charge in [0, 0.05) is 5.56 Å². The highest BCUT2D eigenvalue weighted by molar-refractivity contribution is 5.97. The smallest absolute Gasteiger partial charge is 0.336 e. The third kappa shape index (κ3) is 3.57. The van der Waals surface area contributed by atoms with Gasteiger partial charge < -0.3 is 4.74 Å². The van der Waals surface area contributed by atoms with Gasteiger partial charge in [0.25, 0.3) is 5.91 Å². The van der Waals surface area contributed by atoms with E-state index in [-0.39, 0.29) is 17.4 Å². The molecule has 0 fully saturated rings. The van der Waals surface area contributed by atoms with Crippen LogP contribution in [0, 0.1) is 12.7 Å². The summed E-state index contributed by atoms with van der Waals surface area (Å²) in [5.74, 6) is -0.748. The Morgan fingerprint density at radius 2 is 1.88 bits per heavy atom. The Morgan fingerprint density at radius 1 is 1.16 bits per heavy atom. The highest BCUT2D eigenvalue weighted by Crippen LogP contribution is 2.24. The number of benzene rings is 2. The quantitative estimate of drug-likeness (QED) is 0.708. The molecule has 0 aliphatic carbocycles. The van der Waals surface area contributed by atoms with E-state index in [2.05, 4.69) is 10.1 Å². The summed E-state index contributed by atoms with van der Waals surface area (Å²) < 4.78 is 20.7. The Balaban J connectivity index is 2.07. The second-order valence-electron chi connectivity index (χ2n) is 5.63. The zero-order valence-electron chi connectivity index (χ0n) is 14.1. The minimum Gasteiger partial charge on any atom is -0.462 e. The zero-order valence-corrected chi connectivity index (χ0v) is 14.1. The summed E-state index contributed by atoms with van der Waals surface area (Å²) in [6.07, 6.45) is 0.773. The molecular weight excluding hydrogens is 321 g/mol. The number of rotatable bonds is 5. The molecule has 3 rings (SSSR count).